The van der Waals surface area contributed by atoms with Gasteiger partial charge in [-0.1, -0.05) is 52.0 Å². The number of rotatable bonds is 5. The molecule has 10 heteroatoms. The van der Waals surface area contributed by atoms with Gasteiger partial charge in [0.15, 0.2) is 0 Å². The maximum absolute atomic E-state index is 14.5. The highest BCUT2D eigenvalue weighted by atomic mass is 32.2. The molecule has 1 amide bonds. The first-order valence-electron chi connectivity index (χ1n) is 15.6. The van der Waals surface area contributed by atoms with E-state index < -0.39 is 15.6 Å². The van der Waals surface area contributed by atoms with Gasteiger partial charge in [-0.15, -0.1) is 0 Å². The van der Waals surface area contributed by atoms with E-state index in [2.05, 4.69) is 42.4 Å². The molecule has 5 rings (SSSR count). The smallest absolute Gasteiger partial charge is 0.264 e. The van der Waals surface area contributed by atoms with E-state index in [1.165, 1.54) is 12.1 Å². The number of nitrogens with one attached hydrogen (secondary N) is 1. The van der Waals surface area contributed by atoms with Crippen LogP contribution in [0.15, 0.2) is 53.4 Å². The predicted octanol–water partition coefficient (Wildman–Crippen LogP) is 6.53. The lowest BCUT2D eigenvalue weighted by Gasteiger charge is -2.52. The third kappa shape index (κ3) is 7.33. The Balaban J connectivity index is 1.65. The first-order valence-corrected chi connectivity index (χ1v) is 17.1. The molecular weight excluding hydrogens is 588 g/mol. The number of benzene rings is 2. The molecule has 1 fully saturated rings. The van der Waals surface area contributed by atoms with Crippen molar-refractivity contribution in [2.75, 3.05) is 11.3 Å². The molecule has 2 N–H and O–H groups in total. The Morgan fingerprint density at radius 2 is 1.71 bits per heavy atom. The zero-order chi connectivity index (χ0) is 32.9. The third-order valence-corrected chi connectivity index (χ3v) is 10.2. The monoisotopic (exact) mass is 634 g/mol. The summed E-state index contributed by atoms with van der Waals surface area (Å²) in [5.74, 6) is -0.156. The second kappa shape index (κ2) is 11.7. The minimum Gasteiger partial charge on any atom is -0.475 e. The van der Waals surface area contributed by atoms with Gasteiger partial charge in [0.2, 0.25) is 11.8 Å². The fourth-order valence-corrected chi connectivity index (χ4v) is 8.60. The number of carbonyl (C=O) groups is 1. The summed E-state index contributed by atoms with van der Waals surface area (Å²) in [6.45, 7) is 16.5. The number of anilines is 1. The lowest BCUT2D eigenvalue weighted by Crippen LogP contribution is -2.55. The topological polar surface area (TPSA) is 122 Å². The predicted molar refractivity (Wildman–Crippen MR) is 176 cm³/mol. The van der Waals surface area contributed by atoms with Gasteiger partial charge in [-0.05, 0) is 93.5 Å². The SMILES string of the molecule is Cc1cccc(C)c1-c1cc2nc(n1)NS(=O)(=O)c1cccc(c1)C(=O)N(C(C)C[C@]1(C)C[C@@](C)(O)C1)[C@H](CC(C)(C)C)CO2. The standard InChI is InChI=1S/C35H46N4O5S/c1-22-11-9-12-23(2)30(22)28-16-29-37-32(36-28)38-45(42,43)27-14-10-13-25(15-27)31(40)39(26(19-44-29)18-33(4,5)6)24(3)17-34(7)20-35(8,41)21-34/h9-16,24,26,41H,17-21H2,1-8H3,(H,36,37,38)/t24?,26-,34-,35-/m1/s1. The van der Waals surface area contributed by atoms with Crippen molar-refractivity contribution in [3.05, 3.63) is 65.2 Å². The van der Waals surface area contributed by atoms with Gasteiger partial charge in [0, 0.05) is 23.2 Å². The average molecular weight is 635 g/mol. The summed E-state index contributed by atoms with van der Waals surface area (Å²) in [5, 5.41) is 10.5. The molecule has 4 bridgehead atoms. The number of ether oxygens (including phenoxy) is 1. The van der Waals surface area contributed by atoms with Crippen molar-refractivity contribution >= 4 is 21.9 Å². The van der Waals surface area contributed by atoms with Crippen molar-refractivity contribution in [1.82, 2.24) is 14.9 Å². The molecule has 3 aromatic rings. The van der Waals surface area contributed by atoms with Gasteiger partial charge >= 0.3 is 0 Å². The van der Waals surface area contributed by atoms with Crippen LogP contribution in [0.25, 0.3) is 11.3 Å². The first-order chi connectivity index (χ1) is 20.8. The molecular formula is C35H46N4O5S. The van der Waals surface area contributed by atoms with E-state index in [4.69, 9.17) is 4.74 Å². The van der Waals surface area contributed by atoms with Gasteiger partial charge in [0.05, 0.1) is 22.2 Å². The number of carbonyl (C=O) groups excluding carboxylic acids is 1. The Hall–Kier alpha value is -3.50. The number of sulfonamides is 1. The summed E-state index contributed by atoms with van der Waals surface area (Å²) in [6.07, 6.45) is 2.62. The fourth-order valence-electron chi connectivity index (χ4n) is 7.61. The summed E-state index contributed by atoms with van der Waals surface area (Å²) in [7, 11) is -4.15. The molecule has 0 spiro atoms. The highest BCUT2D eigenvalue weighted by molar-refractivity contribution is 7.92. The molecule has 1 unspecified atom stereocenters. The molecule has 0 radical (unpaired) electrons. The summed E-state index contributed by atoms with van der Waals surface area (Å²) in [4.78, 5) is 25.4. The van der Waals surface area contributed by atoms with E-state index >= 15 is 0 Å². The number of hydrogen-bond acceptors (Lipinski definition) is 7. The van der Waals surface area contributed by atoms with Crippen LogP contribution in [0.3, 0.4) is 0 Å². The number of fused-ring (bicyclic) bond motifs is 4. The maximum Gasteiger partial charge on any atom is 0.264 e. The fraction of sp³-hybridized carbons (Fsp3) is 0.514. The van der Waals surface area contributed by atoms with Crippen LogP contribution in [0.2, 0.25) is 0 Å². The van der Waals surface area contributed by atoms with E-state index in [0.717, 1.165) is 16.7 Å². The molecule has 2 aromatic carbocycles. The lowest BCUT2D eigenvalue weighted by molar-refractivity contribution is -0.117. The Morgan fingerprint density at radius 3 is 2.33 bits per heavy atom. The van der Waals surface area contributed by atoms with E-state index in [-0.39, 0.29) is 57.7 Å². The number of aromatic nitrogens is 2. The average Bonchev–Trinajstić information content (AvgIpc) is 2.89. The molecule has 1 aliphatic carbocycles. The Bertz CT molecular complexity index is 1680. The third-order valence-electron chi connectivity index (χ3n) is 8.83. The van der Waals surface area contributed by atoms with E-state index in [1.54, 1.807) is 18.2 Å². The quantitative estimate of drug-likeness (QED) is 0.327. The zero-order valence-electron chi connectivity index (χ0n) is 27.6. The Labute approximate surface area is 267 Å². The number of nitrogens with zero attached hydrogens (tertiary/aromatic N) is 3. The summed E-state index contributed by atoms with van der Waals surface area (Å²) in [5.41, 5.74) is 2.66. The molecule has 45 heavy (non-hydrogen) atoms. The number of aryl methyl sites for hydroxylation is 2. The van der Waals surface area contributed by atoms with Gasteiger partial charge in [-0.2, -0.15) is 4.98 Å². The van der Waals surface area contributed by atoms with Gasteiger partial charge in [0.25, 0.3) is 15.9 Å². The van der Waals surface area contributed by atoms with Crippen molar-refractivity contribution in [3.8, 4) is 17.1 Å². The van der Waals surface area contributed by atoms with Gasteiger partial charge < -0.3 is 14.7 Å². The summed E-state index contributed by atoms with van der Waals surface area (Å²) < 4.78 is 36.2. The van der Waals surface area contributed by atoms with Crippen molar-refractivity contribution < 1.29 is 23.1 Å². The number of amides is 1. The van der Waals surface area contributed by atoms with Crippen LogP contribution in [0.4, 0.5) is 5.95 Å². The van der Waals surface area contributed by atoms with E-state index in [1.807, 2.05) is 50.8 Å². The highest BCUT2D eigenvalue weighted by Gasteiger charge is 2.49. The molecule has 1 aromatic heterocycles. The van der Waals surface area contributed by atoms with Crippen molar-refractivity contribution in [1.29, 1.82) is 0 Å². The van der Waals surface area contributed by atoms with Crippen LogP contribution in [-0.4, -0.2) is 58.6 Å². The molecule has 2 aliphatic rings. The molecule has 2 heterocycles. The minimum atomic E-state index is -4.15. The minimum absolute atomic E-state index is 0.0573. The molecule has 0 saturated heterocycles. The maximum atomic E-state index is 14.5. The van der Waals surface area contributed by atoms with Crippen molar-refractivity contribution in [3.63, 3.8) is 0 Å². The number of aliphatic hydroxyl groups is 1. The van der Waals surface area contributed by atoms with Crippen LogP contribution in [-0.2, 0) is 10.0 Å². The van der Waals surface area contributed by atoms with Crippen LogP contribution in [0, 0.1) is 24.7 Å². The van der Waals surface area contributed by atoms with Crippen LogP contribution >= 0.6 is 0 Å². The second-order valence-electron chi connectivity index (χ2n) is 15.0. The molecule has 9 nitrogen and oxygen atoms in total. The largest absolute Gasteiger partial charge is 0.475 e. The normalized spacial score (nSPS) is 25.5. The molecule has 1 aliphatic heterocycles. The summed E-state index contributed by atoms with van der Waals surface area (Å²) in [6, 6.07) is 13.2. The van der Waals surface area contributed by atoms with E-state index in [9.17, 15) is 18.3 Å². The summed E-state index contributed by atoms with van der Waals surface area (Å²) >= 11 is 0. The highest BCUT2D eigenvalue weighted by Crippen LogP contribution is 2.51. The molecule has 2 atom stereocenters. The number of hydrogen-bond donors (Lipinski definition) is 2. The lowest BCUT2D eigenvalue weighted by atomic mass is 9.58. The molecule has 242 valence electrons. The van der Waals surface area contributed by atoms with Gasteiger partial charge in [-0.25, -0.2) is 18.1 Å². The Morgan fingerprint density at radius 1 is 1.07 bits per heavy atom. The van der Waals surface area contributed by atoms with Gasteiger partial charge in [-0.3, -0.25) is 4.79 Å². The van der Waals surface area contributed by atoms with Gasteiger partial charge in [0.1, 0.15) is 6.61 Å². The van der Waals surface area contributed by atoms with Crippen molar-refractivity contribution in [2.45, 2.75) is 104 Å². The van der Waals surface area contributed by atoms with E-state index in [0.29, 0.717) is 31.4 Å². The molecule has 1 saturated carbocycles. The van der Waals surface area contributed by atoms with Crippen molar-refractivity contribution in [2.24, 2.45) is 10.8 Å². The first kappa shape index (κ1) is 32.9. The second-order valence-corrected chi connectivity index (χ2v) is 16.7. The Kier molecular flexibility index (Phi) is 8.55. The van der Waals surface area contributed by atoms with Crippen LogP contribution < -0.4 is 9.46 Å². The zero-order valence-corrected chi connectivity index (χ0v) is 28.5. The van der Waals surface area contributed by atoms with Crippen LogP contribution in [0.1, 0.15) is 88.7 Å². The van der Waals surface area contributed by atoms with Crippen LogP contribution in [0.5, 0.6) is 5.88 Å².